The molecule has 0 aromatic heterocycles. The second-order valence-corrected chi connectivity index (χ2v) is 5.82. The van der Waals surface area contributed by atoms with Gasteiger partial charge in [-0.25, -0.2) is 4.79 Å². The molecule has 1 aliphatic heterocycles. The van der Waals surface area contributed by atoms with E-state index in [1.54, 1.807) is 14.2 Å². The summed E-state index contributed by atoms with van der Waals surface area (Å²) in [5.74, 6) is 1.46. The van der Waals surface area contributed by atoms with Crippen molar-refractivity contribution in [3.8, 4) is 11.5 Å². The lowest BCUT2D eigenvalue weighted by atomic mass is 10.0. The Morgan fingerprint density at radius 3 is 2.73 bits per heavy atom. The Morgan fingerprint density at radius 2 is 2.09 bits per heavy atom. The number of benzene rings is 1. The zero-order chi connectivity index (χ0) is 16.1. The van der Waals surface area contributed by atoms with Crippen LogP contribution in [0, 0.1) is 0 Å². The second kappa shape index (κ2) is 7.38. The molecule has 1 N–H and O–H groups in total. The number of piperidine rings is 1. The average Bonchev–Trinajstić information content (AvgIpc) is 2.54. The summed E-state index contributed by atoms with van der Waals surface area (Å²) >= 11 is 0. The maximum absolute atomic E-state index is 12.5. The number of ether oxygens (including phenoxy) is 2. The highest BCUT2D eigenvalue weighted by molar-refractivity contribution is 5.75. The van der Waals surface area contributed by atoms with Gasteiger partial charge in [0.25, 0.3) is 0 Å². The summed E-state index contributed by atoms with van der Waals surface area (Å²) in [6.45, 7) is 4.91. The SMILES string of the molecule is COc1ccc(C(C)NC(=O)N2CCCCC2C)c(OC)c1. The molecule has 5 heteroatoms. The van der Waals surface area contributed by atoms with Crippen molar-refractivity contribution in [3.63, 3.8) is 0 Å². The van der Waals surface area contributed by atoms with E-state index in [1.165, 1.54) is 6.42 Å². The van der Waals surface area contributed by atoms with Crippen LogP contribution in [0.3, 0.4) is 0 Å². The van der Waals surface area contributed by atoms with Gasteiger partial charge in [0, 0.05) is 24.2 Å². The molecule has 1 aromatic carbocycles. The topological polar surface area (TPSA) is 50.8 Å². The molecule has 5 nitrogen and oxygen atoms in total. The Hall–Kier alpha value is -1.91. The average molecular weight is 306 g/mol. The van der Waals surface area contributed by atoms with E-state index in [-0.39, 0.29) is 12.1 Å². The maximum Gasteiger partial charge on any atom is 0.318 e. The van der Waals surface area contributed by atoms with Gasteiger partial charge in [-0.05, 0) is 45.2 Å². The lowest BCUT2D eigenvalue weighted by molar-refractivity contribution is 0.155. The Kier molecular flexibility index (Phi) is 5.52. The lowest BCUT2D eigenvalue weighted by Gasteiger charge is -2.34. The van der Waals surface area contributed by atoms with Crippen LogP contribution in [0.1, 0.15) is 44.7 Å². The fourth-order valence-electron chi connectivity index (χ4n) is 2.92. The van der Waals surface area contributed by atoms with Gasteiger partial charge in [0.1, 0.15) is 11.5 Å². The summed E-state index contributed by atoms with van der Waals surface area (Å²) in [5, 5.41) is 3.07. The minimum atomic E-state index is -0.123. The summed E-state index contributed by atoms with van der Waals surface area (Å²) in [4.78, 5) is 14.4. The minimum Gasteiger partial charge on any atom is -0.497 e. The van der Waals surface area contributed by atoms with Crippen LogP contribution in [0.4, 0.5) is 4.79 Å². The summed E-state index contributed by atoms with van der Waals surface area (Å²) in [7, 11) is 3.25. The number of nitrogens with zero attached hydrogens (tertiary/aromatic N) is 1. The highest BCUT2D eigenvalue weighted by Gasteiger charge is 2.25. The first kappa shape index (κ1) is 16.5. The first-order valence-corrected chi connectivity index (χ1v) is 7.86. The van der Waals surface area contributed by atoms with E-state index < -0.39 is 0 Å². The number of hydrogen-bond donors (Lipinski definition) is 1. The minimum absolute atomic E-state index is 0.00225. The van der Waals surface area contributed by atoms with Crippen LogP contribution in [0.25, 0.3) is 0 Å². The van der Waals surface area contributed by atoms with Crippen LogP contribution < -0.4 is 14.8 Å². The standard InChI is InChI=1S/C17H26N2O3/c1-12-7-5-6-10-19(12)17(20)18-13(2)15-9-8-14(21-3)11-16(15)22-4/h8-9,11-13H,5-7,10H2,1-4H3,(H,18,20). The summed E-state index contributed by atoms with van der Waals surface area (Å²) in [6.07, 6.45) is 3.36. The predicted molar refractivity (Wildman–Crippen MR) is 86.5 cm³/mol. The van der Waals surface area contributed by atoms with Crippen LogP contribution in [0.15, 0.2) is 18.2 Å². The first-order chi connectivity index (χ1) is 10.6. The van der Waals surface area contributed by atoms with E-state index in [0.29, 0.717) is 6.04 Å². The van der Waals surface area contributed by atoms with E-state index in [4.69, 9.17) is 9.47 Å². The largest absolute Gasteiger partial charge is 0.497 e. The van der Waals surface area contributed by atoms with Crippen molar-refractivity contribution in [3.05, 3.63) is 23.8 Å². The van der Waals surface area contributed by atoms with Crippen molar-refractivity contribution < 1.29 is 14.3 Å². The van der Waals surface area contributed by atoms with Gasteiger partial charge in [0.05, 0.1) is 20.3 Å². The monoisotopic (exact) mass is 306 g/mol. The van der Waals surface area contributed by atoms with Gasteiger partial charge in [-0.1, -0.05) is 0 Å². The molecule has 2 amide bonds. The third kappa shape index (κ3) is 3.64. The number of hydrogen-bond acceptors (Lipinski definition) is 3. The summed E-state index contributed by atoms with van der Waals surface area (Å²) in [5.41, 5.74) is 0.946. The number of carbonyl (C=O) groups is 1. The van der Waals surface area contributed by atoms with Crippen LogP contribution in [0.2, 0.25) is 0 Å². The van der Waals surface area contributed by atoms with E-state index in [0.717, 1.165) is 36.4 Å². The zero-order valence-corrected chi connectivity index (χ0v) is 13.9. The van der Waals surface area contributed by atoms with Crippen molar-refractivity contribution in [1.82, 2.24) is 10.2 Å². The molecule has 2 atom stereocenters. The number of rotatable bonds is 4. The molecule has 1 saturated heterocycles. The molecule has 1 aliphatic rings. The van der Waals surface area contributed by atoms with Crippen molar-refractivity contribution in [2.45, 2.75) is 45.2 Å². The van der Waals surface area contributed by atoms with Gasteiger partial charge in [-0.3, -0.25) is 0 Å². The van der Waals surface area contributed by atoms with Gasteiger partial charge < -0.3 is 19.7 Å². The van der Waals surface area contributed by atoms with E-state index in [9.17, 15) is 4.79 Å². The van der Waals surface area contributed by atoms with Gasteiger partial charge in [0.15, 0.2) is 0 Å². The summed E-state index contributed by atoms with van der Waals surface area (Å²) in [6, 6.07) is 5.83. The number of nitrogens with one attached hydrogen (secondary N) is 1. The molecule has 0 saturated carbocycles. The molecule has 1 heterocycles. The predicted octanol–water partition coefficient (Wildman–Crippen LogP) is 3.35. The third-order valence-electron chi connectivity index (χ3n) is 4.31. The molecule has 122 valence electrons. The highest BCUT2D eigenvalue weighted by Crippen LogP contribution is 2.29. The molecule has 0 spiro atoms. The highest BCUT2D eigenvalue weighted by atomic mass is 16.5. The van der Waals surface area contributed by atoms with Crippen LogP contribution in [-0.4, -0.2) is 37.7 Å². The van der Waals surface area contributed by atoms with Gasteiger partial charge >= 0.3 is 6.03 Å². The molecule has 2 rings (SSSR count). The smallest absolute Gasteiger partial charge is 0.318 e. The number of methoxy groups -OCH3 is 2. The van der Waals surface area contributed by atoms with Crippen LogP contribution in [0.5, 0.6) is 11.5 Å². The fraction of sp³-hybridized carbons (Fsp3) is 0.588. The molecule has 0 bridgehead atoms. The van der Waals surface area contributed by atoms with Crippen molar-refractivity contribution in [2.24, 2.45) is 0 Å². The normalized spacial score (nSPS) is 19.5. The Labute approximate surface area is 132 Å². The molecule has 0 radical (unpaired) electrons. The number of likely N-dealkylation sites (tertiary alicyclic amines) is 1. The van der Waals surface area contributed by atoms with Crippen molar-refractivity contribution >= 4 is 6.03 Å². The van der Waals surface area contributed by atoms with E-state index >= 15 is 0 Å². The molecule has 0 aliphatic carbocycles. The lowest BCUT2D eigenvalue weighted by Crippen LogP contribution is -2.48. The second-order valence-electron chi connectivity index (χ2n) is 5.82. The first-order valence-electron chi connectivity index (χ1n) is 7.86. The van der Waals surface area contributed by atoms with E-state index in [2.05, 4.69) is 12.2 Å². The Balaban J connectivity index is 2.08. The zero-order valence-electron chi connectivity index (χ0n) is 13.9. The van der Waals surface area contributed by atoms with Crippen molar-refractivity contribution in [2.75, 3.05) is 20.8 Å². The van der Waals surface area contributed by atoms with Gasteiger partial charge in [-0.2, -0.15) is 0 Å². The fourth-order valence-corrected chi connectivity index (χ4v) is 2.92. The molecular formula is C17H26N2O3. The van der Waals surface area contributed by atoms with Crippen molar-refractivity contribution in [1.29, 1.82) is 0 Å². The molecule has 1 aromatic rings. The van der Waals surface area contributed by atoms with Gasteiger partial charge in [0.2, 0.25) is 0 Å². The number of urea groups is 1. The van der Waals surface area contributed by atoms with Crippen LogP contribution >= 0.6 is 0 Å². The number of amides is 2. The molecule has 22 heavy (non-hydrogen) atoms. The van der Waals surface area contributed by atoms with Gasteiger partial charge in [-0.15, -0.1) is 0 Å². The third-order valence-corrected chi connectivity index (χ3v) is 4.31. The van der Waals surface area contributed by atoms with Crippen LogP contribution in [-0.2, 0) is 0 Å². The molecule has 2 unspecified atom stereocenters. The number of carbonyl (C=O) groups excluding carboxylic acids is 1. The Bertz CT molecular complexity index is 519. The van der Waals surface area contributed by atoms with E-state index in [1.807, 2.05) is 30.0 Å². The molecular weight excluding hydrogens is 280 g/mol. The quantitative estimate of drug-likeness (QED) is 0.928. The maximum atomic E-state index is 12.5. The molecule has 1 fully saturated rings. The Morgan fingerprint density at radius 1 is 1.32 bits per heavy atom. The summed E-state index contributed by atoms with van der Waals surface area (Å²) < 4.78 is 10.6.